The molecule has 0 aromatic carbocycles. The molecule has 2 saturated heterocycles. The number of nitrogens with one attached hydrogen (secondary N) is 2. The molecule has 8 heteroatoms. The Bertz CT molecular complexity index is 802. The SMILES string of the molecule is Cc1[nH]c(C(=O)N2CCC(CC(=O)NC[C@H]3CCCO3)CC2)c(C)c1C(=O)OC(C)C. The number of ether oxygens (including phenoxy) is 2. The normalized spacial score (nSPS) is 19.6. The van der Waals surface area contributed by atoms with Crippen molar-refractivity contribution in [3.63, 3.8) is 0 Å². The molecule has 0 aliphatic carbocycles. The van der Waals surface area contributed by atoms with E-state index >= 15 is 0 Å². The molecule has 1 atom stereocenters. The van der Waals surface area contributed by atoms with E-state index < -0.39 is 5.97 Å². The third-order valence-electron chi connectivity index (χ3n) is 6.12. The Morgan fingerprint density at radius 2 is 1.90 bits per heavy atom. The number of aromatic nitrogens is 1. The third kappa shape index (κ3) is 5.87. The van der Waals surface area contributed by atoms with Crippen LogP contribution in [0.1, 0.15) is 78.1 Å². The van der Waals surface area contributed by atoms with Gasteiger partial charge in [-0.1, -0.05) is 0 Å². The molecule has 2 amide bonds. The van der Waals surface area contributed by atoms with Crippen LogP contribution in [0.4, 0.5) is 0 Å². The summed E-state index contributed by atoms with van der Waals surface area (Å²) >= 11 is 0. The smallest absolute Gasteiger partial charge is 0.340 e. The maximum Gasteiger partial charge on any atom is 0.340 e. The van der Waals surface area contributed by atoms with Crippen LogP contribution in [0.5, 0.6) is 0 Å². The van der Waals surface area contributed by atoms with Crippen molar-refractivity contribution in [3.05, 3.63) is 22.5 Å². The molecular formula is C23H35N3O5. The molecule has 3 heterocycles. The molecule has 3 rings (SSSR count). The van der Waals surface area contributed by atoms with E-state index in [9.17, 15) is 14.4 Å². The number of esters is 1. The molecule has 1 aromatic rings. The lowest BCUT2D eigenvalue weighted by Crippen LogP contribution is -2.40. The number of nitrogens with zero attached hydrogens (tertiary/aromatic N) is 1. The molecule has 2 fully saturated rings. The van der Waals surface area contributed by atoms with Gasteiger partial charge in [0.15, 0.2) is 0 Å². The minimum atomic E-state index is -0.409. The van der Waals surface area contributed by atoms with Gasteiger partial charge in [0.2, 0.25) is 5.91 Å². The number of carbonyl (C=O) groups excluding carboxylic acids is 3. The number of H-pyrrole nitrogens is 1. The predicted molar refractivity (Wildman–Crippen MR) is 116 cm³/mol. The average molecular weight is 434 g/mol. The van der Waals surface area contributed by atoms with Crippen LogP contribution in [-0.4, -0.2) is 66.1 Å². The molecule has 0 bridgehead atoms. The first kappa shape index (κ1) is 23.3. The van der Waals surface area contributed by atoms with Gasteiger partial charge in [0.1, 0.15) is 5.69 Å². The van der Waals surface area contributed by atoms with Gasteiger partial charge in [0, 0.05) is 38.4 Å². The Morgan fingerprint density at radius 1 is 1.19 bits per heavy atom. The van der Waals surface area contributed by atoms with Crippen molar-refractivity contribution in [2.75, 3.05) is 26.2 Å². The Balaban J connectivity index is 1.51. The summed E-state index contributed by atoms with van der Waals surface area (Å²) in [5, 5.41) is 2.98. The van der Waals surface area contributed by atoms with E-state index in [0.717, 1.165) is 32.3 Å². The van der Waals surface area contributed by atoms with E-state index in [2.05, 4.69) is 10.3 Å². The summed E-state index contributed by atoms with van der Waals surface area (Å²) in [6.07, 6.45) is 4.07. The highest BCUT2D eigenvalue weighted by Crippen LogP contribution is 2.25. The number of rotatable bonds is 7. The van der Waals surface area contributed by atoms with Crippen LogP contribution in [-0.2, 0) is 14.3 Å². The summed E-state index contributed by atoms with van der Waals surface area (Å²) in [5.74, 6) is -0.181. The van der Waals surface area contributed by atoms with Crippen molar-refractivity contribution in [1.29, 1.82) is 0 Å². The van der Waals surface area contributed by atoms with Gasteiger partial charge in [0.25, 0.3) is 5.91 Å². The highest BCUT2D eigenvalue weighted by atomic mass is 16.5. The van der Waals surface area contributed by atoms with Gasteiger partial charge < -0.3 is 24.7 Å². The zero-order valence-corrected chi connectivity index (χ0v) is 19.1. The number of carbonyl (C=O) groups is 3. The molecular weight excluding hydrogens is 398 g/mol. The Morgan fingerprint density at radius 3 is 2.52 bits per heavy atom. The second kappa shape index (κ2) is 10.3. The zero-order valence-electron chi connectivity index (χ0n) is 19.1. The number of piperidine rings is 1. The lowest BCUT2D eigenvalue weighted by atomic mass is 9.93. The average Bonchev–Trinajstić information content (AvgIpc) is 3.33. The number of likely N-dealkylation sites (tertiary alicyclic amines) is 1. The van der Waals surface area contributed by atoms with Gasteiger partial charge >= 0.3 is 5.97 Å². The maximum atomic E-state index is 13.1. The zero-order chi connectivity index (χ0) is 22.5. The van der Waals surface area contributed by atoms with Crippen LogP contribution in [0, 0.1) is 19.8 Å². The van der Waals surface area contributed by atoms with E-state index in [1.165, 1.54) is 0 Å². The molecule has 0 unspecified atom stereocenters. The van der Waals surface area contributed by atoms with Crippen molar-refractivity contribution in [1.82, 2.24) is 15.2 Å². The van der Waals surface area contributed by atoms with Crippen LogP contribution in [0.25, 0.3) is 0 Å². The van der Waals surface area contributed by atoms with Gasteiger partial charge in [-0.3, -0.25) is 9.59 Å². The van der Waals surface area contributed by atoms with Crippen molar-refractivity contribution >= 4 is 17.8 Å². The van der Waals surface area contributed by atoms with E-state index in [1.807, 2.05) is 0 Å². The highest BCUT2D eigenvalue weighted by molar-refractivity contribution is 6.00. The van der Waals surface area contributed by atoms with E-state index in [-0.39, 0.29) is 29.9 Å². The molecule has 2 aliphatic rings. The molecule has 1 aromatic heterocycles. The summed E-state index contributed by atoms with van der Waals surface area (Å²) in [6.45, 7) is 9.73. The predicted octanol–water partition coefficient (Wildman–Crippen LogP) is 2.73. The van der Waals surface area contributed by atoms with Crippen molar-refractivity contribution in [3.8, 4) is 0 Å². The second-order valence-corrected chi connectivity index (χ2v) is 8.96. The number of aryl methyl sites for hydroxylation is 1. The van der Waals surface area contributed by atoms with Gasteiger partial charge in [-0.15, -0.1) is 0 Å². The van der Waals surface area contributed by atoms with Crippen LogP contribution in [0.3, 0.4) is 0 Å². The molecule has 8 nitrogen and oxygen atoms in total. The van der Waals surface area contributed by atoms with Gasteiger partial charge in [0.05, 0.1) is 17.8 Å². The fourth-order valence-electron chi connectivity index (χ4n) is 4.41. The van der Waals surface area contributed by atoms with Crippen LogP contribution < -0.4 is 5.32 Å². The number of hydrogen-bond acceptors (Lipinski definition) is 5. The third-order valence-corrected chi connectivity index (χ3v) is 6.12. The van der Waals surface area contributed by atoms with Crippen molar-refractivity contribution in [2.45, 2.75) is 72.0 Å². The first-order chi connectivity index (χ1) is 14.8. The maximum absolute atomic E-state index is 13.1. The van der Waals surface area contributed by atoms with Crippen LogP contribution >= 0.6 is 0 Å². The van der Waals surface area contributed by atoms with Crippen LogP contribution in [0.15, 0.2) is 0 Å². The quantitative estimate of drug-likeness (QED) is 0.644. The fourth-order valence-corrected chi connectivity index (χ4v) is 4.41. The standard InChI is InChI=1S/C23H35N3O5/c1-14(2)31-23(29)20-15(3)21(25-16(20)4)22(28)26-9-7-17(8-10-26)12-19(27)24-13-18-6-5-11-30-18/h14,17-18,25H,5-13H2,1-4H3,(H,24,27)/t18-/m1/s1. The minimum Gasteiger partial charge on any atom is -0.459 e. The Hall–Kier alpha value is -2.35. The van der Waals surface area contributed by atoms with E-state index in [1.54, 1.807) is 32.6 Å². The number of aromatic amines is 1. The van der Waals surface area contributed by atoms with E-state index in [0.29, 0.717) is 48.6 Å². The molecule has 0 spiro atoms. The van der Waals surface area contributed by atoms with Gasteiger partial charge in [-0.25, -0.2) is 4.79 Å². The topological polar surface area (TPSA) is 101 Å². The highest BCUT2D eigenvalue weighted by Gasteiger charge is 2.29. The second-order valence-electron chi connectivity index (χ2n) is 8.96. The molecule has 31 heavy (non-hydrogen) atoms. The summed E-state index contributed by atoms with van der Waals surface area (Å²) in [5.41, 5.74) is 2.16. The summed E-state index contributed by atoms with van der Waals surface area (Å²) in [4.78, 5) is 42.6. The molecule has 0 radical (unpaired) electrons. The van der Waals surface area contributed by atoms with Gasteiger partial charge in [-0.2, -0.15) is 0 Å². The van der Waals surface area contributed by atoms with Crippen molar-refractivity contribution < 1.29 is 23.9 Å². The molecule has 172 valence electrons. The lowest BCUT2D eigenvalue weighted by molar-refractivity contribution is -0.122. The lowest BCUT2D eigenvalue weighted by Gasteiger charge is -2.31. The fraction of sp³-hybridized carbons (Fsp3) is 0.696. The summed E-state index contributed by atoms with van der Waals surface area (Å²) in [6, 6.07) is 0. The summed E-state index contributed by atoms with van der Waals surface area (Å²) < 4.78 is 10.8. The van der Waals surface area contributed by atoms with Crippen LogP contribution in [0.2, 0.25) is 0 Å². The largest absolute Gasteiger partial charge is 0.459 e. The van der Waals surface area contributed by atoms with Crippen molar-refractivity contribution in [2.24, 2.45) is 5.92 Å². The summed E-state index contributed by atoms with van der Waals surface area (Å²) in [7, 11) is 0. The monoisotopic (exact) mass is 433 g/mol. The van der Waals surface area contributed by atoms with E-state index in [4.69, 9.17) is 9.47 Å². The number of amides is 2. The minimum absolute atomic E-state index is 0.0596. The first-order valence-corrected chi connectivity index (χ1v) is 11.3. The Labute approximate surface area is 184 Å². The first-order valence-electron chi connectivity index (χ1n) is 11.3. The Kier molecular flexibility index (Phi) is 7.75. The molecule has 2 aliphatic heterocycles. The number of hydrogen-bond donors (Lipinski definition) is 2. The molecule has 0 saturated carbocycles. The van der Waals surface area contributed by atoms with Gasteiger partial charge in [-0.05, 0) is 64.9 Å². The molecule has 2 N–H and O–H groups in total.